The van der Waals surface area contributed by atoms with Gasteiger partial charge in [0, 0.05) is 55.8 Å². The second-order valence-electron chi connectivity index (χ2n) is 15.4. The summed E-state index contributed by atoms with van der Waals surface area (Å²) in [5.41, 5.74) is 2.64. The number of carboxylic acids is 1. The summed E-state index contributed by atoms with van der Waals surface area (Å²) in [6, 6.07) is 11.4. The molecule has 11 heteroatoms. The van der Waals surface area contributed by atoms with Gasteiger partial charge in [0.05, 0.1) is 40.7 Å². The Kier molecular flexibility index (Phi) is 10.6. The van der Waals surface area contributed by atoms with Gasteiger partial charge in [-0.05, 0) is 48.1 Å². The number of unbranched alkanes of at least 4 members (excludes halogenated alkanes) is 1. The van der Waals surface area contributed by atoms with Gasteiger partial charge < -0.3 is 33.6 Å². The van der Waals surface area contributed by atoms with Gasteiger partial charge in [-0.2, -0.15) is 0 Å². The van der Waals surface area contributed by atoms with E-state index in [9.17, 15) is 19.5 Å². The summed E-state index contributed by atoms with van der Waals surface area (Å²) < 4.78 is 17.7. The Labute approximate surface area is 284 Å². The Balaban J connectivity index is 1.46. The number of carbonyl (C=O) groups is 3. The van der Waals surface area contributed by atoms with Crippen molar-refractivity contribution in [2.24, 2.45) is 11.3 Å². The number of carboxylic acid groups (broad SMARTS) is 1. The highest BCUT2D eigenvalue weighted by atomic mass is 16.7. The predicted molar refractivity (Wildman–Crippen MR) is 183 cm³/mol. The Morgan fingerprint density at radius 3 is 2.56 bits per heavy atom. The third-order valence-corrected chi connectivity index (χ3v) is 9.69. The smallest absolute Gasteiger partial charge is 0.308 e. The molecule has 0 radical (unpaired) electrons. The summed E-state index contributed by atoms with van der Waals surface area (Å²) in [5, 5.41) is 10.7. The number of benzene rings is 2. The number of methoxy groups -OCH3 is 1. The highest BCUT2D eigenvalue weighted by Gasteiger charge is 2.48. The highest BCUT2D eigenvalue weighted by Crippen LogP contribution is 2.47. The van der Waals surface area contributed by atoms with Crippen molar-refractivity contribution in [3.8, 4) is 17.2 Å². The van der Waals surface area contributed by atoms with Gasteiger partial charge in [0.1, 0.15) is 6.54 Å². The zero-order chi connectivity index (χ0) is 34.8. The molecular weight excluding hydrogens is 612 g/mol. The van der Waals surface area contributed by atoms with Gasteiger partial charge in [0.25, 0.3) is 0 Å². The number of nitrogens with zero attached hydrogens (tertiary/aromatic N) is 4. The molecule has 3 heterocycles. The number of likely N-dealkylation sites (tertiary alicyclic amines) is 2. The van der Waals surface area contributed by atoms with E-state index >= 15 is 0 Å². The number of ether oxygens (including phenoxy) is 3. The number of quaternary nitrogens is 1. The Morgan fingerprint density at radius 1 is 1.15 bits per heavy atom. The van der Waals surface area contributed by atoms with Crippen molar-refractivity contribution in [3.63, 3.8) is 0 Å². The second kappa shape index (κ2) is 14.3. The molecule has 11 nitrogen and oxygen atoms in total. The zero-order valence-corrected chi connectivity index (χ0v) is 29.7. The molecular formula is C37H53N4O7+. The summed E-state index contributed by atoms with van der Waals surface area (Å²) in [6.45, 7) is 9.22. The van der Waals surface area contributed by atoms with Crippen molar-refractivity contribution >= 4 is 23.5 Å². The molecule has 0 aliphatic carbocycles. The SMILES string of the molecule is CCCCN(C(=O)CN1CC(c2cc(OC)c3c(c2)OCO3)C(C(=O)O)C1CCN1CC(C)(C)CC1=O)c1cccc(C[N+](C)(C)C)c1. The molecule has 3 aliphatic heterocycles. The van der Waals surface area contributed by atoms with Crippen LogP contribution in [0.4, 0.5) is 5.69 Å². The average molecular weight is 666 g/mol. The molecule has 48 heavy (non-hydrogen) atoms. The fourth-order valence-corrected chi connectivity index (χ4v) is 7.57. The lowest BCUT2D eigenvalue weighted by Crippen LogP contribution is -2.45. The number of hydrogen-bond acceptors (Lipinski definition) is 7. The summed E-state index contributed by atoms with van der Waals surface area (Å²) >= 11 is 0. The quantitative estimate of drug-likeness (QED) is 0.292. The van der Waals surface area contributed by atoms with Gasteiger partial charge in [0.15, 0.2) is 11.5 Å². The van der Waals surface area contributed by atoms with Gasteiger partial charge in [-0.25, -0.2) is 0 Å². The highest BCUT2D eigenvalue weighted by molar-refractivity contribution is 5.95. The number of amides is 2. The second-order valence-corrected chi connectivity index (χ2v) is 15.4. The topological polar surface area (TPSA) is 109 Å². The molecule has 0 spiro atoms. The number of aliphatic carboxylic acids is 1. The van der Waals surface area contributed by atoms with E-state index in [1.165, 1.54) is 0 Å². The van der Waals surface area contributed by atoms with E-state index in [1.54, 1.807) is 7.11 Å². The molecule has 0 saturated carbocycles. The van der Waals surface area contributed by atoms with Crippen LogP contribution in [0, 0.1) is 11.3 Å². The molecule has 3 unspecified atom stereocenters. The molecule has 2 fully saturated rings. The molecule has 5 rings (SSSR count). The number of fused-ring (bicyclic) bond motifs is 1. The zero-order valence-electron chi connectivity index (χ0n) is 29.7. The summed E-state index contributed by atoms with van der Waals surface area (Å²) in [4.78, 5) is 46.1. The molecule has 3 atom stereocenters. The molecule has 2 amide bonds. The molecule has 0 aromatic heterocycles. The van der Waals surface area contributed by atoms with Crippen LogP contribution in [0.5, 0.6) is 17.2 Å². The van der Waals surface area contributed by atoms with Crippen LogP contribution in [0.15, 0.2) is 36.4 Å². The van der Waals surface area contributed by atoms with Crippen molar-refractivity contribution in [3.05, 3.63) is 47.5 Å². The largest absolute Gasteiger partial charge is 0.493 e. The van der Waals surface area contributed by atoms with E-state index in [-0.39, 0.29) is 30.6 Å². The molecule has 2 saturated heterocycles. The van der Waals surface area contributed by atoms with Gasteiger partial charge in [-0.15, -0.1) is 0 Å². The van der Waals surface area contributed by atoms with E-state index in [4.69, 9.17) is 14.2 Å². The fourth-order valence-electron chi connectivity index (χ4n) is 7.57. The lowest BCUT2D eigenvalue weighted by atomic mass is 9.84. The molecule has 2 aromatic rings. The molecule has 262 valence electrons. The van der Waals surface area contributed by atoms with Crippen LogP contribution in [0.1, 0.15) is 63.5 Å². The number of hydrogen-bond donors (Lipinski definition) is 1. The first kappa shape index (κ1) is 35.5. The monoisotopic (exact) mass is 665 g/mol. The van der Waals surface area contributed by atoms with Crippen LogP contribution < -0.4 is 19.1 Å². The van der Waals surface area contributed by atoms with Crippen LogP contribution in [-0.2, 0) is 20.9 Å². The normalized spacial score (nSPS) is 21.9. The minimum atomic E-state index is -0.930. The van der Waals surface area contributed by atoms with Crippen LogP contribution >= 0.6 is 0 Å². The van der Waals surface area contributed by atoms with Gasteiger partial charge in [0.2, 0.25) is 24.4 Å². The molecule has 2 aromatic carbocycles. The van der Waals surface area contributed by atoms with Gasteiger partial charge >= 0.3 is 5.97 Å². The maximum atomic E-state index is 14.3. The molecule has 1 N–H and O–H groups in total. The molecule has 0 bridgehead atoms. The maximum Gasteiger partial charge on any atom is 0.308 e. The number of rotatable bonds is 14. The summed E-state index contributed by atoms with van der Waals surface area (Å²) in [6.07, 6.45) is 2.70. The first-order valence-electron chi connectivity index (χ1n) is 17.1. The first-order valence-corrected chi connectivity index (χ1v) is 17.1. The summed E-state index contributed by atoms with van der Waals surface area (Å²) in [5.74, 6) is -0.656. The minimum absolute atomic E-state index is 0.0647. The third-order valence-electron chi connectivity index (χ3n) is 9.69. The predicted octanol–water partition coefficient (Wildman–Crippen LogP) is 4.58. The molecule has 3 aliphatic rings. The van der Waals surface area contributed by atoms with Gasteiger partial charge in [-0.3, -0.25) is 19.3 Å². The number of anilines is 1. The minimum Gasteiger partial charge on any atom is -0.493 e. The van der Waals surface area contributed by atoms with Crippen LogP contribution in [0.3, 0.4) is 0 Å². The van der Waals surface area contributed by atoms with E-state index < -0.39 is 23.8 Å². The number of carbonyl (C=O) groups excluding carboxylic acids is 2. The van der Waals surface area contributed by atoms with E-state index in [0.717, 1.165) is 40.7 Å². The van der Waals surface area contributed by atoms with E-state index in [1.807, 2.05) is 39.0 Å². The average Bonchev–Trinajstić information content (AvgIpc) is 3.69. The van der Waals surface area contributed by atoms with Crippen molar-refractivity contribution in [1.29, 1.82) is 0 Å². The van der Waals surface area contributed by atoms with Crippen molar-refractivity contribution in [1.82, 2.24) is 9.80 Å². The Bertz CT molecular complexity index is 1500. The standard InChI is InChI=1S/C37H52N4O7/c1-8-9-14-40(27-12-10-11-25(16-27)22-41(4,5)6)33(43)21-39-20-28(26-17-30(46-7)35-31(18-26)47-24-48-35)34(36(44)45)29(39)13-15-38-23-37(2,3)19-32(38)42/h10-12,16-18,28-29,34H,8-9,13-15,19-24H2,1-7H3/p+1. The van der Waals surface area contributed by atoms with E-state index in [2.05, 4.69) is 54.0 Å². The van der Waals surface area contributed by atoms with Crippen LogP contribution in [0.25, 0.3) is 0 Å². The Morgan fingerprint density at radius 2 is 1.92 bits per heavy atom. The van der Waals surface area contributed by atoms with Crippen LogP contribution in [0.2, 0.25) is 0 Å². The summed E-state index contributed by atoms with van der Waals surface area (Å²) in [7, 11) is 7.97. The van der Waals surface area contributed by atoms with Crippen molar-refractivity contribution < 1.29 is 38.2 Å². The van der Waals surface area contributed by atoms with Crippen molar-refractivity contribution in [2.75, 3.05) is 72.7 Å². The first-order chi connectivity index (χ1) is 22.7. The van der Waals surface area contributed by atoms with Crippen molar-refractivity contribution in [2.45, 2.75) is 65.0 Å². The lowest BCUT2D eigenvalue weighted by Gasteiger charge is -2.31. The van der Waals surface area contributed by atoms with Crippen LogP contribution in [-0.4, -0.2) is 111 Å². The fraction of sp³-hybridized carbons (Fsp3) is 0.595. The van der Waals surface area contributed by atoms with E-state index in [0.29, 0.717) is 56.3 Å². The lowest BCUT2D eigenvalue weighted by molar-refractivity contribution is -0.884. The Hall–Kier alpha value is -3.83. The third kappa shape index (κ3) is 8.06. The maximum absolute atomic E-state index is 14.3. The van der Waals surface area contributed by atoms with Gasteiger partial charge in [-0.1, -0.05) is 39.3 Å².